The van der Waals surface area contributed by atoms with Gasteiger partial charge >= 0.3 is 11.9 Å². The number of nitrogens with zero attached hydrogens (tertiary/aromatic N) is 1. The van der Waals surface area contributed by atoms with Crippen LogP contribution in [-0.4, -0.2) is 51.3 Å². The number of rotatable bonds is 13. The number of esters is 2. The number of hydrogen-bond donors (Lipinski definition) is 0. The van der Waals surface area contributed by atoms with E-state index in [1.54, 1.807) is 0 Å². The molecule has 1 aliphatic heterocycles. The van der Waals surface area contributed by atoms with Gasteiger partial charge in [0.1, 0.15) is 12.2 Å². The Balaban J connectivity index is 1.87. The highest BCUT2D eigenvalue weighted by Crippen LogP contribution is 2.42. The van der Waals surface area contributed by atoms with Crippen LogP contribution in [0.15, 0.2) is 83.0 Å². The fraction of sp³-hybridized carbons (Fsp3) is 0.587. The minimum absolute atomic E-state index is 0.0936. The van der Waals surface area contributed by atoms with E-state index in [1.165, 1.54) is 44.4 Å². The fourth-order valence-electron chi connectivity index (χ4n) is 7.52. The first-order valence-electron chi connectivity index (χ1n) is 19.6. The Hall–Kier alpha value is -3.51. The van der Waals surface area contributed by atoms with Crippen molar-refractivity contribution in [2.24, 2.45) is 17.3 Å². The lowest BCUT2D eigenvalue weighted by atomic mass is 9.72. The molecule has 0 saturated carbocycles. The second kappa shape index (κ2) is 18.4. The number of nitriles is 1. The van der Waals surface area contributed by atoms with Crippen LogP contribution in [0, 0.1) is 28.6 Å². The topological polar surface area (TPSA) is 94.8 Å². The SMILES string of the molecule is COC(=O)C1O[C@@H](Cc2ccc(CC(C#N)(/C=C(C)/C=C/C=C(C)/C=C/C3=C(C)CCCC3(C)C)O[Si](C)(C)C(C)(C)C)cc2)C(C)[C@@H](OC(C)=O)[C@H]1C. The molecule has 1 fully saturated rings. The normalized spacial score (nSPS) is 25.4. The summed E-state index contributed by atoms with van der Waals surface area (Å²) in [6.07, 6.45) is 15.5. The molecule has 7 nitrogen and oxygen atoms in total. The number of methoxy groups -OCH3 is 1. The van der Waals surface area contributed by atoms with Crippen LogP contribution < -0.4 is 0 Å². The molecule has 1 aliphatic carbocycles. The van der Waals surface area contributed by atoms with Crippen LogP contribution in [0.1, 0.15) is 107 Å². The molecule has 6 atom stereocenters. The number of carbonyl (C=O) groups is 2. The number of benzene rings is 1. The molecule has 0 aromatic heterocycles. The summed E-state index contributed by atoms with van der Waals surface area (Å²) in [5.74, 6) is -1.36. The van der Waals surface area contributed by atoms with Crippen molar-refractivity contribution in [3.8, 4) is 6.07 Å². The highest BCUT2D eigenvalue weighted by Gasteiger charge is 2.47. The number of carbonyl (C=O) groups excluding carboxylic acids is 2. The van der Waals surface area contributed by atoms with Gasteiger partial charge in [0, 0.05) is 25.2 Å². The van der Waals surface area contributed by atoms with Crippen molar-refractivity contribution in [3.05, 3.63) is 94.1 Å². The molecule has 296 valence electrons. The molecule has 0 radical (unpaired) electrons. The predicted octanol–water partition coefficient (Wildman–Crippen LogP) is 10.7. The van der Waals surface area contributed by atoms with Gasteiger partial charge in [0.2, 0.25) is 0 Å². The Kier molecular flexibility index (Phi) is 15.3. The van der Waals surface area contributed by atoms with E-state index in [2.05, 4.69) is 85.9 Å². The van der Waals surface area contributed by atoms with Gasteiger partial charge in [-0.25, -0.2) is 4.79 Å². The fourth-order valence-corrected chi connectivity index (χ4v) is 8.92. The van der Waals surface area contributed by atoms with Gasteiger partial charge in [-0.3, -0.25) is 4.79 Å². The smallest absolute Gasteiger partial charge is 0.335 e. The molecule has 0 N–H and O–H groups in total. The van der Waals surface area contributed by atoms with Crippen LogP contribution in [0.25, 0.3) is 0 Å². The number of hydrogen-bond acceptors (Lipinski definition) is 7. The Morgan fingerprint density at radius 3 is 2.20 bits per heavy atom. The molecule has 0 amide bonds. The molecule has 1 aromatic carbocycles. The average Bonchev–Trinajstić information content (AvgIpc) is 3.07. The largest absolute Gasteiger partial charge is 0.467 e. The summed E-state index contributed by atoms with van der Waals surface area (Å²) in [4.78, 5) is 24.6. The zero-order valence-corrected chi connectivity index (χ0v) is 36.6. The Morgan fingerprint density at radius 1 is 1.02 bits per heavy atom. The third kappa shape index (κ3) is 11.7. The van der Waals surface area contributed by atoms with E-state index in [0.29, 0.717) is 12.8 Å². The van der Waals surface area contributed by atoms with Crippen molar-refractivity contribution in [2.75, 3.05) is 7.11 Å². The van der Waals surface area contributed by atoms with Crippen LogP contribution in [0.5, 0.6) is 0 Å². The Morgan fingerprint density at radius 2 is 1.65 bits per heavy atom. The van der Waals surface area contributed by atoms with E-state index in [0.717, 1.165) is 22.3 Å². The van der Waals surface area contributed by atoms with Crippen LogP contribution in [0.2, 0.25) is 18.1 Å². The number of allylic oxidation sites excluding steroid dienone is 9. The van der Waals surface area contributed by atoms with Crippen LogP contribution in [0.3, 0.4) is 0 Å². The first-order valence-corrected chi connectivity index (χ1v) is 22.5. The highest BCUT2D eigenvalue weighted by atomic mass is 28.4. The van der Waals surface area contributed by atoms with Gasteiger partial charge in [0.15, 0.2) is 20.0 Å². The maximum Gasteiger partial charge on any atom is 0.335 e. The third-order valence-corrected chi connectivity index (χ3v) is 16.2. The summed E-state index contributed by atoms with van der Waals surface area (Å²) in [6.45, 7) is 27.2. The van der Waals surface area contributed by atoms with Crippen molar-refractivity contribution in [2.45, 2.75) is 150 Å². The van der Waals surface area contributed by atoms with Crippen molar-refractivity contribution >= 4 is 20.3 Å². The van der Waals surface area contributed by atoms with Gasteiger partial charge < -0.3 is 18.6 Å². The van der Waals surface area contributed by atoms with E-state index in [-0.39, 0.29) is 34.4 Å². The molecular formula is C46H67NO6Si. The van der Waals surface area contributed by atoms with Crippen molar-refractivity contribution in [1.29, 1.82) is 5.26 Å². The Labute approximate surface area is 327 Å². The van der Waals surface area contributed by atoms with Crippen molar-refractivity contribution < 1.29 is 28.2 Å². The molecular weight excluding hydrogens is 691 g/mol. The third-order valence-electron chi connectivity index (χ3n) is 11.8. The van der Waals surface area contributed by atoms with E-state index in [4.69, 9.17) is 18.6 Å². The minimum atomic E-state index is -2.37. The zero-order chi connectivity index (χ0) is 40.6. The molecule has 8 heteroatoms. The number of ether oxygens (including phenoxy) is 3. The van der Waals surface area contributed by atoms with Gasteiger partial charge in [0.25, 0.3) is 0 Å². The highest BCUT2D eigenvalue weighted by molar-refractivity contribution is 6.74. The summed E-state index contributed by atoms with van der Waals surface area (Å²) in [5, 5.41) is 10.8. The summed E-state index contributed by atoms with van der Waals surface area (Å²) < 4.78 is 24.0. The quantitative estimate of drug-likeness (QED) is 0.112. The molecule has 0 spiro atoms. The molecule has 3 rings (SSSR count). The summed E-state index contributed by atoms with van der Waals surface area (Å²) >= 11 is 0. The van der Waals surface area contributed by atoms with Gasteiger partial charge in [-0.2, -0.15) is 5.26 Å². The van der Waals surface area contributed by atoms with E-state index >= 15 is 0 Å². The first-order chi connectivity index (χ1) is 25.0. The molecule has 2 aliphatic rings. The molecule has 0 bridgehead atoms. The first kappa shape index (κ1) is 44.9. The van der Waals surface area contributed by atoms with Crippen molar-refractivity contribution in [1.82, 2.24) is 0 Å². The van der Waals surface area contributed by atoms with Gasteiger partial charge in [-0.15, -0.1) is 0 Å². The maximum atomic E-state index is 12.6. The monoisotopic (exact) mass is 757 g/mol. The molecule has 1 heterocycles. The zero-order valence-electron chi connectivity index (χ0n) is 35.6. The van der Waals surface area contributed by atoms with Crippen LogP contribution in [0.4, 0.5) is 0 Å². The van der Waals surface area contributed by atoms with E-state index in [9.17, 15) is 14.9 Å². The second-order valence-electron chi connectivity index (χ2n) is 17.9. The summed E-state index contributed by atoms with van der Waals surface area (Å²) in [6, 6.07) is 10.7. The maximum absolute atomic E-state index is 12.6. The molecule has 1 saturated heterocycles. The van der Waals surface area contributed by atoms with Gasteiger partial charge in [-0.1, -0.05) is 120 Å². The van der Waals surface area contributed by atoms with E-state index < -0.39 is 32.1 Å². The lowest BCUT2D eigenvalue weighted by molar-refractivity contribution is -0.203. The lowest BCUT2D eigenvalue weighted by Gasteiger charge is -2.43. The summed E-state index contributed by atoms with van der Waals surface area (Å²) in [5.41, 5.74) is 6.05. The van der Waals surface area contributed by atoms with Gasteiger partial charge in [-0.05, 0) is 92.8 Å². The standard InChI is InChI=1S/C46H67NO6Si/c1-31(20-25-39-33(3)19-16-26-45(39,10)11)17-15-18-32(2)28-46(30-47,53-54(13,14)44(7,8)9)29-38-23-21-37(22-24-38)27-40-34(4)41(51-36(6)48)35(5)42(52-40)43(49)50-12/h15,17-18,20-25,28,34-35,40-42H,16,19,26-27,29H2,1-14H3/b18-15+,25-20+,31-17+,32-28+/t34?,35-,40+,41-,42?,46?/m1/s1. The van der Waals surface area contributed by atoms with Gasteiger partial charge in [0.05, 0.1) is 13.2 Å². The minimum Gasteiger partial charge on any atom is -0.467 e. The Bertz CT molecular complexity index is 1680. The van der Waals surface area contributed by atoms with Crippen LogP contribution in [-0.2, 0) is 41.1 Å². The summed E-state index contributed by atoms with van der Waals surface area (Å²) in [7, 11) is -1.04. The molecule has 3 unspecified atom stereocenters. The van der Waals surface area contributed by atoms with Crippen LogP contribution >= 0.6 is 0 Å². The lowest BCUT2D eigenvalue weighted by Crippen LogP contribution is -2.54. The molecule has 1 aromatic rings. The average molecular weight is 758 g/mol. The second-order valence-corrected chi connectivity index (χ2v) is 22.6. The van der Waals surface area contributed by atoms with Crippen molar-refractivity contribution in [3.63, 3.8) is 0 Å². The molecule has 54 heavy (non-hydrogen) atoms. The van der Waals surface area contributed by atoms with E-state index in [1.807, 2.05) is 63.3 Å². The predicted molar refractivity (Wildman–Crippen MR) is 221 cm³/mol.